The molecule has 140 valence electrons. The van der Waals surface area contributed by atoms with Gasteiger partial charge in [-0.15, -0.1) is 11.6 Å². The van der Waals surface area contributed by atoms with Gasteiger partial charge in [0, 0.05) is 6.61 Å². The fraction of sp³-hybridized carbons (Fsp3) is 0.579. The highest BCUT2D eigenvalue weighted by atomic mass is 35.5. The van der Waals surface area contributed by atoms with Crippen molar-refractivity contribution in [2.45, 2.75) is 57.6 Å². The number of alkyl halides is 1. The van der Waals surface area contributed by atoms with Crippen LogP contribution >= 0.6 is 11.6 Å². The number of ether oxygens (including phenoxy) is 2. The molecule has 5 nitrogen and oxygen atoms in total. The van der Waals surface area contributed by atoms with Crippen molar-refractivity contribution in [3.05, 3.63) is 35.9 Å². The minimum Gasteiger partial charge on any atom is -0.481 e. The lowest BCUT2D eigenvalue weighted by Crippen LogP contribution is -2.36. The molecule has 0 saturated carbocycles. The summed E-state index contributed by atoms with van der Waals surface area (Å²) in [6.07, 6.45) is 1.61. The molecule has 0 saturated heterocycles. The van der Waals surface area contributed by atoms with Crippen LogP contribution in [-0.2, 0) is 25.7 Å². The zero-order chi connectivity index (χ0) is 18.9. The molecule has 0 aliphatic heterocycles. The van der Waals surface area contributed by atoms with Crippen molar-refractivity contribution < 1.29 is 24.2 Å². The third-order valence-corrected chi connectivity index (χ3v) is 3.95. The van der Waals surface area contributed by atoms with Crippen molar-refractivity contribution in [1.82, 2.24) is 0 Å². The molecule has 0 aliphatic rings. The topological polar surface area (TPSA) is 72.8 Å². The average molecular weight is 371 g/mol. The van der Waals surface area contributed by atoms with Crippen LogP contribution in [0.15, 0.2) is 30.3 Å². The number of carbonyl (C=O) groups excluding carboxylic acids is 1. The van der Waals surface area contributed by atoms with Gasteiger partial charge in [0.1, 0.15) is 11.0 Å². The SMILES string of the molecule is CC(C)(C)OC(=O)[C@H](Cl)[C@@H](CCCCOCc1ccccc1)C(=O)O. The Kier molecular flexibility index (Phi) is 8.93. The molecular weight excluding hydrogens is 344 g/mol. The standard InChI is InChI=1S/C19H27ClO5/c1-19(2,3)25-18(23)16(20)15(17(21)22)11-7-8-12-24-13-14-9-5-4-6-10-14/h4-6,9-10,15-16H,7-8,11-13H2,1-3H3,(H,21,22)/t15-,16-/m1/s1. The second-order valence-corrected chi connectivity index (χ2v) is 7.38. The molecule has 1 rings (SSSR count). The van der Waals surface area contributed by atoms with Gasteiger partial charge in [-0.3, -0.25) is 9.59 Å². The number of unbranched alkanes of at least 4 members (excludes halogenated alkanes) is 1. The van der Waals surface area contributed by atoms with Crippen molar-refractivity contribution >= 4 is 23.5 Å². The Labute approximate surface area is 154 Å². The van der Waals surface area contributed by atoms with Crippen LogP contribution in [0.3, 0.4) is 0 Å². The molecule has 0 spiro atoms. The maximum Gasteiger partial charge on any atom is 0.325 e. The van der Waals surface area contributed by atoms with E-state index in [4.69, 9.17) is 21.1 Å². The predicted molar refractivity (Wildman–Crippen MR) is 96.6 cm³/mol. The zero-order valence-corrected chi connectivity index (χ0v) is 15.8. The summed E-state index contributed by atoms with van der Waals surface area (Å²) >= 11 is 6.03. The lowest BCUT2D eigenvalue weighted by molar-refractivity contribution is -0.159. The third kappa shape index (κ3) is 8.89. The van der Waals surface area contributed by atoms with E-state index in [0.29, 0.717) is 32.5 Å². The lowest BCUT2D eigenvalue weighted by Gasteiger charge is -2.24. The van der Waals surface area contributed by atoms with Gasteiger partial charge in [-0.1, -0.05) is 36.8 Å². The van der Waals surface area contributed by atoms with Crippen LogP contribution in [0.5, 0.6) is 0 Å². The maximum atomic E-state index is 12.0. The number of esters is 1. The maximum absolute atomic E-state index is 12.0. The first-order valence-corrected chi connectivity index (χ1v) is 8.86. The van der Waals surface area contributed by atoms with Gasteiger partial charge in [-0.25, -0.2) is 0 Å². The number of carboxylic acid groups (broad SMARTS) is 1. The summed E-state index contributed by atoms with van der Waals surface area (Å²) in [5.74, 6) is -2.75. The van der Waals surface area contributed by atoms with E-state index in [-0.39, 0.29) is 0 Å². The Morgan fingerprint density at radius 2 is 1.80 bits per heavy atom. The minimum atomic E-state index is -1.19. The van der Waals surface area contributed by atoms with E-state index in [9.17, 15) is 14.7 Å². The van der Waals surface area contributed by atoms with Gasteiger partial charge >= 0.3 is 11.9 Å². The van der Waals surface area contributed by atoms with Crippen LogP contribution < -0.4 is 0 Å². The highest BCUT2D eigenvalue weighted by molar-refractivity contribution is 6.31. The molecule has 0 unspecified atom stereocenters. The summed E-state index contributed by atoms with van der Waals surface area (Å²) in [5, 5.41) is 8.13. The molecule has 0 fully saturated rings. The van der Waals surface area contributed by atoms with Crippen LogP contribution in [0, 0.1) is 5.92 Å². The fourth-order valence-corrected chi connectivity index (χ4v) is 2.53. The molecular formula is C19H27ClO5. The van der Waals surface area contributed by atoms with E-state index in [0.717, 1.165) is 5.56 Å². The van der Waals surface area contributed by atoms with Crippen LogP contribution in [0.25, 0.3) is 0 Å². The Morgan fingerprint density at radius 1 is 1.16 bits per heavy atom. The monoisotopic (exact) mass is 370 g/mol. The largest absolute Gasteiger partial charge is 0.481 e. The van der Waals surface area contributed by atoms with Gasteiger partial charge in [-0.2, -0.15) is 0 Å². The van der Waals surface area contributed by atoms with Gasteiger partial charge < -0.3 is 14.6 Å². The van der Waals surface area contributed by atoms with Crippen LogP contribution in [0.2, 0.25) is 0 Å². The molecule has 0 heterocycles. The Bertz CT molecular complexity index is 538. The molecule has 25 heavy (non-hydrogen) atoms. The molecule has 0 radical (unpaired) electrons. The van der Waals surface area contributed by atoms with E-state index in [1.165, 1.54) is 0 Å². The Balaban J connectivity index is 2.33. The van der Waals surface area contributed by atoms with Crippen molar-refractivity contribution in [1.29, 1.82) is 0 Å². The Hall–Kier alpha value is -1.59. The summed E-state index contributed by atoms with van der Waals surface area (Å²) in [5.41, 5.74) is 0.398. The van der Waals surface area contributed by atoms with Gasteiger partial charge in [0.15, 0.2) is 0 Å². The smallest absolute Gasteiger partial charge is 0.325 e. The fourth-order valence-electron chi connectivity index (χ4n) is 2.25. The summed E-state index contributed by atoms with van der Waals surface area (Å²) in [4.78, 5) is 23.3. The summed E-state index contributed by atoms with van der Waals surface area (Å²) in [7, 11) is 0. The van der Waals surface area contributed by atoms with E-state index in [2.05, 4.69) is 0 Å². The number of carbonyl (C=O) groups is 2. The molecule has 0 bridgehead atoms. The van der Waals surface area contributed by atoms with E-state index in [1.54, 1.807) is 20.8 Å². The van der Waals surface area contributed by atoms with Gasteiger partial charge in [0.2, 0.25) is 0 Å². The predicted octanol–water partition coefficient (Wildman–Crippen LogP) is 4.02. The number of halogens is 1. The molecule has 6 heteroatoms. The van der Waals surface area contributed by atoms with Gasteiger partial charge in [0.05, 0.1) is 12.5 Å². The number of hydrogen-bond acceptors (Lipinski definition) is 4. The van der Waals surface area contributed by atoms with Crippen molar-refractivity contribution in [3.63, 3.8) is 0 Å². The number of aliphatic carboxylic acids is 1. The Morgan fingerprint density at radius 3 is 2.36 bits per heavy atom. The van der Waals surface area contributed by atoms with Crippen molar-refractivity contribution in [3.8, 4) is 0 Å². The first kappa shape index (κ1) is 21.5. The van der Waals surface area contributed by atoms with E-state index < -0.39 is 28.8 Å². The molecule has 0 aliphatic carbocycles. The molecule has 0 amide bonds. The van der Waals surface area contributed by atoms with Crippen LogP contribution in [-0.4, -0.2) is 34.6 Å². The normalized spacial score (nSPS) is 13.9. The number of hydrogen-bond donors (Lipinski definition) is 1. The molecule has 0 aromatic heterocycles. The first-order chi connectivity index (χ1) is 11.7. The van der Waals surface area contributed by atoms with E-state index in [1.807, 2.05) is 30.3 Å². The summed E-state index contributed by atoms with van der Waals surface area (Å²) < 4.78 is 10.7. The van der Waals surface area contributed by atoms with Crippen LogP contribution in [0.1, 0.15) is 45.6 Å². The van der Waals surface area contributed by atoms with E-state index >= 15 is 0 Å². The number of rotatable bonds is 10. The molecule has 1 aromatic rings. The van der Waals surface area contributed by atoms with Gasteiger partial charge in [0.25, 0.3) is 0 Å². The van der Waals surface area contributed by atoms with Crippen molar-refractivity contribution in [2.75, 3.05) is 6.61 Å². The number of benzene rings is 1. The second kappa shape index (κ2) is 10.4. The highest BCUT2D eigenvalue weighted by Gasteiger charge is 2.34. The average Bonchev–Trinajstić information content (AvgIpc) is 2.52. The minimum absolute atomic E-state index is 0.303. The quantitative estimate of drug-likeness (QED) is 0.382. The van der Waals surface area contributed by atoms with Crippen LogP contribution in [0.4, 0.5) is 0 Å². The summed E-state index contributed by atoms with van der Waals surface area (Å²) in [6.45, 7) is 6.21. The first-order valence-electron chi connectivity index (χ1n) is 8.42. The zero-order valence-electron chi connectivity index (χ0n) is 15.0. The van der Waals surface area contributed by atoms with Crippen molar-refractivity contribution in [2.24, 2.45) is 5.92 Å². The van der Waals surface area contributed by atoms with Gasteiger partial charge in [-0.05, 0) is 39.2 Å². The lowest BCUT2D eigenvalue weighted by atomic mass is 9.98. The second-order valence-electron chi connectivity index (χ2n) is 6.91. The summed E-state index contributed by atoms with van der Waals surface area (Å²) in [6, 6.07) is 9.82. The molecule has 1 N–H and O–H groups in total. The molecule has 1 aromatic carbocycles. The number of carboxylic acids is 1. The highest BCUT2D eigenvalue weighted by Crippen LogP contribution is 2.22. The molecule has 2 atom stereocenters. The third-order valence-electron chi connectivity index (χ3n) is 3.47.